The van der Waals surface area contributed by atoms with Crippen molar-refractivity contribution < 1.29 is 14.3 Å². The van der Waals surface area contributed by atoms with Gasteiger partial charge in [0, 0.05) is 23.9 Å². The summed E-state index contributed by atoms with van der Waals surface area (Å²) in [6.07, 6.45) is 0.961. The van der Waals surface area contributed by atoms with Gasteiger partial charge in [-0.15, -0.1) is 0 Å². The number of ether oxygens (including phenoxy) is 2. The Morgan fingerprint density at radius 1 is 0.867 bits per heavy atom. The minimum absolute atomic E-state index is 0.105. The van der Waals surface area contributed by atoms with Crippen molar-refractivity contribution in [1.29, 1.82) is 0 Å². The van der Waals surface area contributed by atoms with Crippen LogP contribution in [0.2, 0.25) is 0 Å². The lowest BCUT2D eigenvalue weighted by Gasteiger charge is -2.12. The largest absolute Gasteiger partial charge is 0.493 e. The lowest BCUT2D eigenvalue weighted by Crippen LogP contribution is -2.21. The van der Waals surface area contributed by atoms with Crippen molar-refractivity contribution in [1.82, 2.24) is 0 Å². The van der Waals surface area contributed by atoms with Crippen LogP contribution in [0.3, 0.4) is 0 Å². The number of anilines is 2. The van der Waals surface area contributed by atoms with Crippen molar-refractivity contribution in [2.75, 3.05) is 23.8 Å². The number of hydrogen-bond donors (Lipinski definition) is 2. The molecule has 1 amide bonds. The van der Waals surface area contributed by atoms with Gasteiger partial charge in [-0.1, -0.05) is 36.4 Å². The molecule has 0 radical (unpaired) electrons. The summed E-state index contributed by atoms with van der Waals surface area (Å²) in [6, 6.07) is 25.2. The van der Waals surface area contributed by atoms with E-state index in [2.05, 4.69) is 22.8 Å². The molecule has 0 heterocycles. The molecule has 156 valence electrons. The van der Waals surface area contributed by atoms with Gasteiger partial charge in [0.25, 0.3) is 0 Å². The Kier molecular flexibility index (Phi) is 7.72. The van der Waals surface area contributed by atoms with E-state index in [0.717, 1.165) is 29.3 Å². The highest BCUT2D eigenvalue weighted by molar-refractivity contribution is 5.93. The molecule has 3 aromatic rings. The predicted molar refractivity (Wildman–Crippen MR) is 121 cm³/mol. The molecule has 5 nitrogen and oxygen atoms in total. The van der Waals surface area contributed by atoms with Gasteiger partial charge in [-0.2, -0.15) is 0 Å². The van der Waals surface area contributed by atoms with E-state index in [1.165, 1.54) is 5.56 Å². The second-order valence-electron chi connectivity index (χ2n) is 7.20. The first-order valence-corrected chi connectivity index (χ1v) is 10.2. The van der Waals surface area contributed by atoms with Crippen LogP contribution < -0.4 is 20.1 Å². The first kappa shape index (κ1) is 21.2. The van der Waals surface area contributed by atoms with Crippen molar-refractivity contribution >= 4 is 17.3 Å². The van der Waals surface area contributed by atoms with Gasteiger partial charge in [-0.25, -0.2) is 0 Å². The van der Waals surface area contributed by atoms with Crippen molar-refractivity contribution in [2.45, 2.75) is 26.4 Å². The molecule has 5 heteroatoms. The fourth-order valence-corrected chi connectivity index (χ4v) is 2.90. The summed E-state index contributed by atoms with van der Waals surface area (Å²) in [6.45, 7) is 4.74. The zero-order valence-corrected chi connectivity index (χ0v) is 17.4. The molecular formula is C25H28N2O3. The SMILES string of the molecule is CC(C)Oc1cccc(NCC(=O)Nc2ccc(OCCc3ccccc3)cc2)c1. The fraction of sp³-hybridized carbons (Fsp3) is 0.240. The summed E-state index contributed by atoms with van der Waals surface area (Å²) in [5.74, 6) is 1.44. The van der Waals surface area contributed by atoms with E-state index in [0.29, 0.717) is 6.61 Å². The van der Waals surface area contributed by atoms with Gasteiger partial charge in [0.1, 0.15) is 11.5 Å². The first-order valence-electron chi connectivity index (χ1n) is 10.2. The summed E-state index contributed by atoms with van der Waals surface area (Å²) in [4.78, 5) is 12.2. The summed E-state index contributed by atoms with van der Waals surface area (Å²) in [7, 11) is 0. The Bertz CT molecular complexity index is 925. The van der Waals surface area contributed by atoms with Crippen molar-refractivity contribution in [3.05, 3.63) is 84.4 Å². The maximum Gasteiger partial charge on any atom is 0.243 e. The van der Waals surface area contributed by atoms with Crippen LogP contribution in [0.5, 0.6) is 11.5 Å². The normalized spacial score (nSPS) is 10.5. The van der Waals surface area contributed by atoms with Gasteiger partial charge in [0.05, 0.1) is 19.3 Å². The van der Waals surface area contributed by atoms with E-state index < -0.39 is 0 Å². The van der Waals surface area contributed by atoms with E-state index in [4.69, 9.17) is 9.47 Å². The first-order chi connectivity index (χ1) is 14.6. The van der Waals surface area contributed by atoms with Gasteiger partial charge in [0.15, 0.2) is 0 Å². The Morgan fingerprint density at radius 3 is 2.37 bits per heavy atom. The summed E-state index contributed by atoms with van der Waals surface area (Å²) in [5, 5.41) is 6.00. The minimum atomic E-state index is -0.122. The molecular weight excluding hydrogens is 376 g/mol. The lowest BCUT2D eigenvalue weighted by atomic mass is 10.2. The molecule has 0 fully saturated rings. The Morgan fingerprint density at radius 2 is 1.63 bits per heavy atom. The highest BCUT2D eigenvalue weighted by Gasteiger charge is 2.05. The van der Waals surface area contributed by atoms with Crippen LogP contribution in [-0.2, 0) is 11.2 Å². The quantitative estimate of drug-likeness (QED) is 0.491. The second kappa shape index (κ2) is 10.9. The van der Waals surface area contributed by atoms with Crippen molar-refractivity contribution in [2.24, 2.45) is 0 Å². The minimum Gasteiger partial charge on any atom is -0.493 e. The smallest absolute Gasteiger partial charge is 0.243 e. The molecule has 0 aliphatic rings. The number of nitrogens with one attached hydrogen (secondary N) is 2. The van der Waals surface area contributed by atoms with Crippen molar-refractivity contribution in [3.63, 3.8) is 0 Å². The zero-order chi connectivity index (χ0) is 21.2. The maximum atomic E-state index is 12.2. The molecule has 0 unspecified atom stereocenters. The third-order valence-electron chi connectivity index (χ3n) is 4.30. The Balaban J connectivity index is 1.42. The van der Waals surface area contributed by atoms with Crippen LogP contribution in [0.1, 0.15) is 19.4 Å². The average molecular weight is 405 g/mol. The third kappa shape index (κ3) is 7.17. The fourth-order valence-electron chi connectivity index (χ4n) is 2.90. The highest BCUT2D eigenvalue weighted by atomic mass is 16.5. The van der Waals surface area contributed by atoms with E-state index in [-0.39, 0.29) is 18.6 Å². The summed E-state index contributed by atoms with van der Waals surface area (Å²) >= 11 is 0. The molecule has 0 spiro atoms. The van der Waals surface area contributed by atoms with E-state index in [1.54, 1.807) is 0 Å². The number of carbonyl (C=O) groups excluding carboxylic acids is 1. The topological polar surface area (TPSA) is 59.6 Å². The van der Waals surface area contributed by atoms with Crippen LogP contribution in [0.15, 0.2) is 78.9 Å². The summed E-state index contributed by atoms with van der Waals surface area (Å²) < 4.78 is 11.4. The summed E-state index contributed by atoms with van der Waals surface area (Å²) in [5.41, 5.74) is 2.81. The second-order valence-corrected chi connectivity index (χ2v) is 7.20. The van der Waals surface area contributed by atoms with Crippen molar-refractivity contribution in [3.8, 4) is 11.5 Å². The number of amides is 1. The Hall–Kier alpha value is -3.47. The van der Waals surface area contributed by atoms with Crippen LogP contribution >= 0.6 is 0 Å². The van der Waals surface area contributed by atoms with E-state index in [1.807, 2.05) is 80.6 Å². The number of rotatable bonds is 10. The van der Waals surface area contributed by atoms with Crippen LogP contribution in [-0.4, -0.2) is 25.2 Å². The molecule has 3 rings (SSSR count). The molecule has 0 saturated carbocycles. The molecule has 0 saturated heterocycles. The monoisotopic (exact) mass is 404 g/mol. The third-order valence-corrected chi connectivity index (χ3v) is 4.30. The zero-order valence-electron chi connectivity index (χ0n) is 17.4. The standard InChI is InChI=1S/C25H28N2O3/c1-19(2)30-24-10-6-9-22(17-24)26-18-25(28)27-21-11-13-23(14-12-21)29-16-15-20-7-4-3-5-8-20/h3-14,17,19,26H,15-16,18H2,1-2H3,(H,27,28). The van der Waals surface area contributed by atoms with Crippen LogP contribution in [0.25, 0.3) is 0 Å². The van der Waals surface area contributed by atoms with Gasteiger partial charge in [-0.3, -0.25) is 4.79 Å². The van der Waals surface area contributed by atoms with E-state index >= 15 is 0 Å². The molecule has 0 aliphatic heterocycles. The van der Waals surface area contributed by atoms with Gasteiger partial charge < -0.3 is 20.1 Å². The maximum absolute atomic E-state index is 12.2. The average Bonchev–Trinajstić information content (AvgIpc) is 2.74. The molecule has 0 aliphatic carbocycles. The van der Waals surface area contributed by atoms with Crippen LogP contribution in [0, 0.1) is 0 Å². The molecule has 0 bridgehead atoms. The lowest BCUT2D eigenvalue weighted by molar-refractivity contribution is -0.114. The predicted octanol–water partition coefficient (Wildman–Crippen LogP) is 5.15. The molecule has 30 heavy (non-hydrogen) atoms. The van der Waals surface area contributed by atoms with E-state index in [9.17, 15) is 4.79 Å². The molecule has 0 atom stereocenters. The Labute approximate surface area is 178 Å². The van der Waals surface area contributed by atoms with Gasteiger partial charge >= 0.3 is 0 Å². The molecule has 3 aromatic carbocycles. The van der Waals surface area contributed by atoms with Gasteiger partial charge in [0.2, 0.25) is 5.91 Å². The number of benzene rings is 3. The number of hydrogen-bond acceptors (Lipinski definition) is 4. The number of carbonyl (C=O) groups is 1. The highest BCUT2D eigenvalue weighted by Crippen LogP contribution is 2.19. The van der Waals surface area contributed by atoms with Gasteiger partial charge in [-0.05, 0) is 55.8 Å². The molecule has 2 N–H and O–H groups in total. The van der Waals surface area contributed by atoms with Crippen LogP contribution in [0.4, 0.5) is 11.4 Å². The molecule has 0 aromatic heterocycles.